The molecule has 224 valence electrons. The summed E-state index contributed by atoms with van der Waals surface area (Å²) in [5, 5.41) is 3.80. The Labute approximate surface area is 257 Å². The van der Waals surface area contributed by atoms with Crippen molar-refractivity contribution in [1.29, 1.82) is 0 Å². The first-order valence-electron chi connectivity index (χ1n) is 13.8. The molecule has 1 fully saturated rings. The van der Waals surface area contributed by atoms with Gasteiger partial charge < -0.3 is 15.0 Å². The third kappa shape index (κ3) is 7.56. The number of ether oxygens (including phenoxy) is 1. The highest BCUT2D eigenvalue weighted by atomic mass is 35.5. The molecule has 1 saturated carbocycles. The monoisotopic (exact) mass is 631 g/mol. The van der Waals surface area contributed by atoms with Crippen molar-refractivity contribution in [3.05, 3.63) is 87.9 Å². The number of amides is 2. The molecule has 0 aliphatic heterocycles. The highest BCUT2D eigenvalue weighted by Crippen LogP contribution is 2.35. The van der Waals surface area contributed by atoms with Crippen LogP contribution in [0.4, 0.5) is 5.69 Å². The number of carbonyl (C=O) groups is 2. The Bertz CT molecular complexity index is 1530. The molecule has 4 rings (SSSR count). The van der Waals surface area contributed by atoms with Gasteiger partial charge in [0, 0.05) is 22.6 Å². The highest BCUT2D eigenvalue weighted by molar-refractivity contribution is 7.92. The molecule has 0 unspecified atom stereocenters. The van der Waals surface area contributed by atoms with Crippen LogP contribution in [0.3, 0.4) is 0 Å². The highest BCUT2D eigenvalue weighted by Gasteiger charge is 2.34. The second-order valence-corrected chi connectivity index (χ2v) is 13.2. The third-order valence-corrected chi connectivity index (χ3v) is 9.65. The van der Waals surface area contributed by atoms with Gasteiger partial charge in [0.25, 0.3) is 10.0 Å². The normalized spacial score (nSPS) is 14.3. The molecule has 3 aromatic rings. The number of hydrogen-bond acceptors (Lipinski definition) is 5. The number of sulfonamides is 1. The Hall–Kier alpha value is -3.27. The summed E-state index contributed by atoms with van der Waals surface area (Å²) >= 11 is 12.5. The SMILES string of the molecule is COc1ccc(Cl)cc1N(CC(=O)N(Cc1cccc(Cl)c1)[C@@H](C)C(=O)NC1CCCC1)S(=O)(=O)c1ccc(C)cc1. The summed E-state index contributed by atoms with van der Waals surface area (Å²) in [6.07, 6.45) is 3.85. The van der Waals surface area contributed by atoms with E-state index in [0.717, 1.165) is 35.6 Å². The molecule has 11 heteroatoms. The van der Waals surface area contributed by atoms with Crippen LogP contribution in [-0.2, 0) is 26.2 Å². The van der Waals surface area contributed by atoms with Crippen molar-refractivity contribution in [2.45, 2.75) is 63.1 Å². The van der Waals surface area contributed by atoms with E-state index in [-0.39, 0.29) is 39.8 Å². The van der Waals surface area contributed by atoms with Gasteiger partial charge >= 0.3 is 0 Å². The number of hydrogen-bond donors (Lipinski definition) is 1. The maximum absolute atomic E-state index is 14.1. The number of aryl methyl sites for hydroxylation is 1. The molecule has 42 heavy (non-hydrogen) atoms. The fourth-order valence-electron chi connectivity index (χ4n) is 5.02. The van der Waals surface area contributed by atoms with Crippen molar-refractivity contribution < 1.29 is 22.7 Å². The van der Waals surface area contributed by atoms with Gasteiger partial charge in [0.1, 0.15) is 18.3 Å². The standard InChI is InChI=1S/C31H35Cl2N3O5S/c1-21-11-14-27(15-12-21)42(39,40)36(28-18-25(33)13-16-29(28)41-3)20-30(37)35(19-23-7-6-8-24(32)17-23)22(2)31(38)34-26-9-4-5-10-26/h6-8,11-18,22,26H,4-5,9-10,19-20H2,1-3H3,(H,34,38)/t22-/m0/s1. The molecule has 0 bridgehead atoms. The first-order valence-corrected chi connectivity index (χ1v) is 16.0. The summed E-state index contributed by atoms with van der Waals surface area (Å²) in [5.41, 5.74) is 1.68. The minimum atomic E-state index is -4.27. The quantitative estimate of drug-likeness (QED) is 0.281. The topological polar surface area (TPSA) is 96.0 Å². The zero-order valence-corrected chi connectivity index (χ0v) is 26.2. The van der Waals surface area contributed by atoms with Gasteiger partial charge in [-0.05, 0) is 74.7 Å². The number of nitrogens with zero attached hydrogens (tertiary/aromatic N) is 2. The number of benzene rings is 3. The van der Waals surface area contributed by atoms with Gasteiger partial charge in [0.15, 0.2) is 0 Å². The minimum Gasteiger partial charge on any atom is -0.495 e. The van der Waals surface area contributed by atoms with Gasteiger partial charge in [-0.1, -0.05) is 65.9 Å². The average molecular weight is 633 g/mol. The zero-order valence-electron chi connectivity index (χ0n) is 23.8. The molecule has 1 atom stereocenters. The number of rotatable bonds is 11. The summed E-state index contributed by atoms with van der Waals surface area (Å²) in [4.78, 5) is 28.9. The number of halogens is 2. The lowest BCUT2D eigenvalue weighted by molar-refractivity contribution is -0.139. The Morgan fingerprint density at radius 2 is 1.67 bits per heavy atom. The molecule has 0 heterocycles. The second-order valence-electron chi connectivity index (χ2n) is 10.5. The molecular formula is C31H35Cl2N3O5S. The van der Waals surface area contributed by atoms with Gasteiger partial charge in [-0.3, -0.25) is 13.9 Å². The van der Waals surface area contributed by atoms with Crippen LogP contribution in [0.1, 0.15) is 43.7 Å². The lowest BCUT2D eigenvalue weighted by atomic mass is 10.1. The summed E-state index contributed by atoms with van der Waals surface area (Å²) in [7, 11) is -2.86. The molecule has 2 amide bonds. The van der Waals surface area contributed by atoms with Gasteiger partial charge in [-0.25, -0.2) is 8.42 Å². The molecule has 1 N–H and O–H groups in total. The van der Waals surface area contributed by atoms with Crippen LogP contribution in [-0.4, -0.2) is 50.9 Å². The van der Waals surface area contributed by atoms with E-state index >= 15 is 0 Å². The van der Waals surface area contributed by atoms with Gasteiger partial charge in [-0.15, -0.1) is 0 Å². The fourth-order valence-corrected chi connectivity index (χ4v) is 6.81. The van der Waals surface area contributed by atoms with Crippen molar-refractivity contribution in [3.63, 3.8) is 0 Å². The molecule has 0 saturated heterocycles. The Morgan fingerprint density at radius 1 is 1.00 bits per heavy atom. The van der Waals surface area contributed by atoms with E-state index in [4.69, 9.17) is 27.9 Å². The van der Waals surface area contributed by atoms with E-state index in [1.54, 1.807) is 55.5 Å². The van der Waals surface area contributed by atoms with E-state index in [9.17, 15) is 18.0 Å². The molecule has 0 aromatic heterocycles. The van der Waals surface area contributed by atoms with Crippen molar-refractivity contribution >= 4 is 50.7 Å². The predicted molar refractivity (Wildman–Crippen MR) is 166 cm³/mol. The average Bonchev–Trinajstić information content (AvgIpc) is 3.47. The van der Waals surface area contributed by atoms with Crippen LogP contribution >= 0.6 is 23.2 Å². The lowest BCUT2D eigenvalue weighted by Gasteiger charge is -2.33. The Morgan fingerprint density at radius 3 is 2.31 bits per heavy atom. The maximum atomic E-state index is 14.1. The summed E-state index contributed by atoms with van der Waals surface area (Å²) in [6.45, 7) is 2.94. The van der Waals surface area contributed by atoms with Crippen molar-refractivity contribution in [3.8, 4) is 5.75 Å². The van der Waals surface area contributed by atoms with E-state index in [2.05, 4.69) is 5.32 Å². The maximum Gasteiger partial charge on any atom is 0.264 e. The number of anilines is 1. The minimum absolute atomic E-state index is 0.00338. The Balaban J connectivity index is 1.74. The molecule has 8 nitrogen and oxygen atoms in total. The lowest BCUT2D eigenvalue weighted by Crippen LogP contribution is -2.52. The van der Waals surface area contributed by atoms with Crippen molar-refractivity contribution in [1.82, 2.24) is 10.2 Å². The second kappa shape index (κ2) is 13.8. The molecule has 1 aliphatic carbocycles. The third-order valence-electron chi connectivity index (χ3n) is 7.41. The molecular weight excluding hydrogens is 597 g/mol. The van der Waals surface area contributed by atoms with E-state index < -0.39 is 28.5 Å². The first kappa shape index (κ1) is 31.7. The van der Waals surface area contributed by atoms with Crippen LogP contribution in [0.25, 0.3) is 0 Å². The summed E-state index contributed by atoms with van der Waals surface area (Å²) < 4.78 is 34.6. The van der Waals surface area contributed by atoms with Crippen LogP contribution in [0.5, 0.6) is 5.75 Å². The summed E-state index contributed by atoms with van der Waals surface area (Å²) in [6, 6.07) is 17.1. The molecule has 3 aromatic carbocycles. The zero-order chi connectivity index (χ0) is 30.4. The van der Waals surface area contributed by atoms with Crippen molar-refractivity contribution in [2.75, 3.05) is 18.0 Å². The number of nitrogens with one attached hydrogen (secondary N) is 1. The number of methoxy groups -OCH3 is 1. The fraction of sp³-hybridized carbons (Fsp3) is 0.355. The summed E-state index contributed by atoms with van der Waals surface area (Å²) in [5.74, 6) is -0.663. The first-order chi connectivity index (χ1) is 20.0. The van der Waals surface area contributed by atoms with Crippen LogP contribution in [0, 0.1) is 6.92 Å². The van der Waals surface area contributed by atoms with E-state index in [1.165, 1.54) is 30.2 Å². The van der Waals surface area contributed by atoms with E-state index in [0.29, 0.717) is 10.6 Å². The van der Waals surface area contributed by atoms with Gasteiger partial charge in [0.2, 0.25) is 11.8 Å². The predicted octanol–water partition coefficient (Wildman–Crippen LogP) is 5.98. The van der Waals surface area contributed by atoms with Crippen LogP contribution in [0.15, 0.2) is 71.6 Å². The smallest absolute Gasteiger partial charge is 0.264 e. The van der Waals surface area contributed by atoms with Crippen LogP contribution < -0.4 is 14.4 Å². The molecule has 0 radical (unpaired) electrons. The molecule has 0 spiro atoms. The molecule has 1 aliphatic rings. The van der Waals surface area contributed by atoms with E-state index in [1.807, 2.05) is 6.92 Å². The largest absolute Gasteiger partial charge is 0.495 e. The van der Waals surface area contributed by atoms with Crippen LogP contribution in [0.2, 0.25) is 10.0 Å². The van der Waals surface area contributed by atoms with Crippen molar-refractivity contribution in [2.24, 2.45) is 0 Å². The van der Waals surface area contributed by atoms with Gasteiger partial charge in [-0.2, -0.15) is 0 Å². The van der Waals surface area contributed by atoms with Gasteiger partial charge in [0.05, 0.1) is 17.7 Å². The number of carbonyl (C=O) groups excluding carboxylic acids is 2. The Kier molecular flexibility index (Phi) is 10.4.